The van der Waals surface area contributed by atoms with Gasteiger partial charge in [0.15, 0.2) is 5.84 Å². The van der Waals surface area contributed by atoms with E-state index in [4.69, 9.17) is 31.3 Å². The highest BCUT2D eigenvalue weighted by atomic mass is 35.5. The van der Waals surface area contributed by atoms with Gasteiger partial charge in [-0.2, -0.15) is 0 Å². The van der Waals surface area contributed by atoms with E-state index >= 15 is 0 Å². The van der Waals surface area contributed by atoms with Crippen LogP contribution in [0.3, 0.4) is 0 Å². The van der Waals surface area contributed by atoms with Gasteiger partial charge in [-0.25, -0.2) is 10.00 Å². The fourth-order valence-electron chi connectivity index (χ4n) is 4.31. The van der Waals surface area contributed by atoms with Crippen LogP contribution in [0.1, 0.15) is 41.0 Å². The molecule has 1 N–H and O–H groups in total. The first-order valence-electron chi connectivity index (χ1n) is 11.6. The van der Waals surface area contributed by atoms with Gasteiger partial charge in [-0.05, 0) is 85.2 Å². The Morgan fingerprint density at radius 3 is 2.88 bits per heavy atom. The molecule has 2 aliphatic rings. The molecule has 1 saturated carbocycles. The summed E-state index contributed by atoms with van der Waals surface area (Å²) in [4.78, 5) is 10.7. The fourth-order valence-corrected chi connectivity index (χ4v) is 4.62. The van der Waals surface area contributed by atoms with Crippen molar-refractivity contribution in [2.45, 2.75) is 38.1 Å². The zero-order valence-electron chi connectivity index (χ0n) is 18.9. The van der Waals surface area contributed by atoms with Gasteiger partial charge in [0, 0.05) is 11.2 Å². The second-order valence-corrected chi connectivity index (χ2v) is 9.44. The van der Waals surface area contributed by atoms with E-state index in [0.29, 0.717) is 30.7 Å². The summed E-state index contributed by atoms with van der Waals surface area (Å²) in [7, 11) is 0. The Balaban J connectivity index is 1.34. The number of benzene rings is 2. The van der Waals surface area contributed by atoms with Crippen LogP contribution in [-0.2, 0) is 11.3 Å². The van der Waals surface area contributed by atoms with Crippen molar-refractivity contribution in [3.05, 3.63) is 94.1 Å². The molecule has 0 spiro atoms. The maximum absolute atomic E-state index is 6.47. The minimum absolute atomic E-state index is 0.0782. The Kier molecular flexibility index (Phi) is 5.47. The molecule has 0 amide bonds. The molecule has 1 unspecified atom stereocenters. The van der Waals surface area contributed by atoms with Crippen LogP contribution in [-0.4, -0.2) is 28.1 Å². The molecule has 6 rings (SSSR count). The molecule has 7 heteroatoms. The predicted octanol–water partition coefficient (Wildman–Crippen LogP) is 5.86. The molecule has 0 saturated heterocycles. The quantitative estimate of drug-likeness (QED) is 0.382. The molecule has 1 aliphatic heterocycles. The summed E-state index contributed by atoms with van der Waals surface area (Å²) in [6.07, 6.45) is 5.07. The lowest BCUT2D eigenvalue weighted by Crippen LogP contribution is -2.37. The Labute approximate surface area is 203 Å². The van der Waals surface area contributed by atoms with E-state index in [2.05, 4.69) is 29.7 Å². The summed E-state index contributed by atoms with van der Waals surface area (Å²) in [6, 6.07) is 20.3. The Morgan fingerprint density at radius 1 is 1.12 bits per heavy atom. The number of nitrogens with zero attached hydrogens (tertiary/aromatic N) is 3. The van der Waals surface area contributed by atoms with E-state index in [-0.39, 0.29) is 6.04 Å². The van der Waals surface area contributed by atoms with Gasteiger partial charge >= 0.3 is 0 Å². The van der Waals surface area contributed by atoms with E-state index in [1.54, 1.807) is 4.52 Å². The number of aromatic nitrogens is 2. The third-order valence-electron chi connectivity index (χ3n) is 6.28. The SMILES string of the molecule is Cc1ccc(CC2CONC(c3cc4cccn4nc3Oc3cccc(C4CC4)c3)=N2)c(Cl)c1. The third kappa shape index (κ3) is 4.39. The first-order valence-corrected chi connectivity index (χ1v) is 12.0. The largest absolute Gasteiger partial charge is 0.437 e. The van der Waals surface area contributed by atoms with Crippen molar-refractivity contribution in [1.29, 1.82) is 0 Å². The number of ether oxygens (including phenoxy) is 1. The highest BCUT2D eigenvalue weighted by Gasteiger charge is 2.25. The summed E-state index contributed by atoms with van der Waals surface area (Å²) in [5.74, 6) is 2.49. The van der Waals surface area contributed by atoms with Crippen molar-refractivity contribution < 1.29 is 9.57 Å². The molecule has 3 heterocycles. The molecule has 4 aromatic rings. The molecular formula is C27H25ClN4O2. The van der Waals surface area contributed by atoms with Gasteiger partial charge in [-0.1, -0.05) is 35.9 Å². The standard InChI is InChI=1S/C27H25ClN4O2/c1-17-7-8-20(25(28)12-17)13-21-16-33-31-26(29-21)24-15-22-5-3-11-32(22)30-27(24)34-23-6-2-4-19(14-23)18-9-10-18/h2-8,11-12,14-15,18,21H,9-10,13,16H2,1H3,(H,29,31). The van der Waals surface area contributed by atoms with Gasteiger partial charge < -0.3 is 4.74 Å². The highest BCUT2D eigenvalue weighted by molar-refractivity contribution is 6.31. The van der Waals surface area contributed by atoms with Crippen LogP contribution >= 0.6 is 11.6 Å². The maximum atomic E-state index is 6.47. The van der Waals surface area contributed by atoms with E-state index in [1.165, 1.54) is 18.4 Å². The van der Waals surface area contributed by atoms with Crippen molar-refractivity contribution >= 4 is 23.0 Å². The number of hydrogen-bond acceptors (Lipinski definition) is 5. The molecule has 2 aromatic carbocycles. The first-order chi connectivity index (χ1) is 16.6. The Hall–Kier alpha value is -3.35. The topological polar surface area (TPSA) is 60.2 Å². The van der Waals surface area contributed by atoms with Crippen molar-refractivity contribution in [2.75, 3.05) is 6.61 Å². The second kappa shape index (κ2) is 8.78. The van der Waals surface area contributed by atoms with E-state index in [1.807, 2.05) is 49.5 Å². The lowest BCUT2D eigenvalue weighted by atomic mass is 10.0. The minimum Gasteiger partial charge on any atom is -0.437 e. The van der Waals surface area contributed by atoms with Crippen molar-refractivity contribution in [3.8, 4) is 11.6 Å². The summed E-state index contributed by atoms with van der Waals surface area (Å²) >= 11 is 6.47. The zero-order valence-corrected chi connectivity index (χ0v) is 19.6. The highest BCUT2D eigenvalue weighted by Crippen LogP contribution is 2.41. The van der Waals surface area contributed by atoms with Gasteiger partial charge in [0.1, 0.15) is 5.75 Å². The van der Waals surface area contributed by atoms with Crippen LogP contribution in [0.2, 0.25) is 5.02 Å². The molecule has 1 aliphatic carbocycles. The van der Waals surface area contributed by atoms with Crippen molar-refractivity contribution in [2.24, 2.45) is 4.99 Å². The van der Waals surface area contributed by atoms with Gasteiger partial charge in [-0.15, -0.1) is 5.10 Å². The van der Waals surface area contributed by atoms with Crippen LogP contribution in [0.5, 0.6) is 11.6 Å². The van der Waals surface area contributed by atoms with E-state index in [9.17, 15) is 0 Å². The van der Waals surface area contributed by atoms with Gasteiger partial charge in [-0.3, -0.25) is 9.83 Å². The molecular weight excluding hydrogens is 448 g/mol. The molecule has 34 heavy (non-hydrogen) atoms. The predicted molar refractivity (Wildman–Crippen MR) is 133 cm³/mol. The normalized spacial score (nSPS) is 17.9. The van der Waals surface area contributed by atoms with Crippen LogP contribution in [0.25, 0.3) is 5.52 Å². The second-order valence-electron chi connectivity index (χ2n) is 9.03. The Morgan fingerprint density at radius 2 is 2.03 bits per heavy atom. The number of rotatable bonds is 6. The van der Waals surface area contributed by atoms with Crippen molar-refractivity contribution in [3.63, 3.8) is 0 Å². The van der Waals surface area contributed by atoms with Crippen LogP contribution in [0, 0.1) is 6.92 Å². The Bertz CT molecular complexity index is 1390. The number of halogens is 1. The molecule has 172 valence electrons. The number of fused-ring (bicyclic) bond motifs is 1. The minimum atomic E-state index is -0.0782. The van der Waals surface area contributed by atoms with E-state index < -0.39 is 0 Å². The molecule has 2 aromatic heterocycles. The molecule has 1 fully saturated rings. The molecule has 0 bridgehead atoms. The van der Waals surface area contributed by atoms with Crippen LogP contribution in [0.4, 0.5) is 0 Å². The smallest absolute Gasteiger partial charge is 0.248 e. The number of aliphatic imine (C=N–C) groups is 1. The average Bonchev–Trinajstić information content (AvgIpc) is 3.59. The van der Waals surface area contributed by atoms with Crippen LogP contribution in [0.15, 0.2) is 71.9 Å². The lowest BCUT2D eigenvalue weighted by Gasteiger charge is -2.23. The van der Waals surface area contributed by atoms with Crippen molar-refractivity contribution in [1.82, 2.24) is 15.1 Å². The summed E-state index contributed by atoms with van der Waals surface area (Å²) in [5, 5.41) is 5.48. The monoisotopic (exact) mass is 472 g/mol. The lowest BCUT2D eigenvalue weighted by molar-refractivity contribution is 0.0623. The zero-order chi connectivity index (χ0) is 23.1. The van der Waals surface area contributed by atoms with Gasteiger partial charge in [0.25, 0.3) is 0 Å². The maximum Gasteiger partial charge on any atom is 0.248 e. The average molecular weight is 473 g/mol. The fraction of sp³-hybridized carbons (Fsp3) is 0.259. The van der Waals surface area contributed by atoms with Crippen LogP contribution < -0.4 is 10.2 Å². The summed E-state index contributed by atoms with van der Waals surface area (Å²) in [5.41, 5.74) is 8.19. The number of nitrogens with one attached hydrogen (secondary N) is 1. The number of amidine groups is 1. The first kappa shape index (κ1) is 21.2. The number of hydrogen-bond donors (Lipinski definition) is 1. The van der Waals surface area contributed by atoms with Gasteiger partial charge in [0.05, 0.1) is 23.7 Å². The summed E-state index contributed by atoms with van der Waals surface area (Å²) < 4.78 is 8.12. The molecule has 6 nitrogen and oxygen atoms in total. The van der Waals surface area contributed by atoms with E-state index in [0.717, 1.165) is 33.0 Å². The third-order valence-corrected chi connectivity index (χ3v) is 6.63. The molecule has 0 radical (unpaired) electrons. The number of hydroxylamine groups is 1. The number of aryl methyl sites for hydroxylation is 1. The molecule has 1 atom stereocenters. The van der Waals surface area contributed by atoms with Gasteiger partial charge in [0.2, 0.25) is 5.88 Å². The summed E-state index contributed by atoms with van der Waals surface area (Å²) in [6.45, 7) is 2.49.